The molecule has 22 heavy (non-hydrogen) atoms. The van der Waals surface area contributed by atoms with Gasteiger partial charge in [0.15, 0.2) is 5.16 Å². The Morgan fingerprint density at radius 1 is 1.45 bits per heavy atom. The standard InChI is InChI=1S/C13H15Cl2N5OS/c1-3-10(20-12(16)18-19-13(20)22-2)11(21)17-9-5-4-7(14)6-8(9)15/h4-6,10H,3H2,1-2H3,(H2,16,18)(H,17,21). The number of nitrogens with one attached hydrogen (secondary N) is 1. The molecule has 0 saturated carbocycles. The molecule has 1 atom stereocenters. The minimum absolute atomic E-state index is 0.202. The van der Waals surface area contributed by atoms with Gasteiger partial charge in [-0.3, -0.25) is 9.36 Å². The Hall–Kier alpha value is -1.44. The zero-order valence-corrected chi connectivity index (χ0v) is 14.3. The number of nitrogen functional groups attached to an aromatic ring is 1. The normalized spacial score (nSPS) is 12.2. The number of nitrogens with zero attached hydrogens (tertiary/aromatic N) is 3. The van der Waals surface area contributed by atoms with Crippen molar-refractivity contribution in [1.29, 1.82) is 0 Å². The van der Waals surface area contributed by atoms with E-state index in [0.717, 1.165) is 0 Å². The van der Waals surface area contributed by atoms with E-state index in [-0.39, 0.29) is 11.9 Å². The Morgan fingerprint density at radius 3 is 2.77 bits per heavy atom. The second-order valence-corrected chi connectivity index (χ2v) is 6.07. The molecule has 0 aliphatic rings. The van der Waals surface area contributed by atoms with Gasteiger partial charge >= 0.3 is 0 Å². The molecule has 0 bridgehead atoms. The first-order valence-electron chi connectivity index (χ1n) is 6.48. The highest BCUT2D eigenvalue weighted by molar-refractivity contribution is 7.98. The van der Waals surface area contributed by atoms with Crippen molar-refractivity contribution in [2.75, 3.05) is 17.3 Å². The van der Waals surface area contributed by atoms with Crippen LogP contribution in [0, 0.1) is 0 Å². The van der Waals surface area contributed by atoms with Crippen molar-refractivity contribution in [3.63, 3.8) is 0 Å². The molecule has 118 valence electrons. The molecule has 0 aliphatic carbocycles. The fourth-order valence-corrected chi connectivity index (χ4v) is 3.01. The van der Waals surface area contributed by atoms with Gasteiger partial charge in [0, 0.05) is 5.02 Å². The maximum atomic E-state index is 12.6. The lowest BCUT2D eigenvalue weighted by atomic mass is 10.2. The van der Waals surface area contributed by atoms with Crippen molar-refractivity contribution < 1.29 is 4.79 Å². The highest BCUT2D eigenvalue weighted by Gasteiger charge is 2.24. The number of halogens is 2. The number of rotatable bonds is 5. The zero-order valence-electron chi connectivity index (χ0n) is 12.0. The molecule has 1 aromatic heterocycles. The first kappa shape index (κ1) is 16.9. The van der Waals surface area contributed by atoms with E-state index in [9.17, 15) is 4.79 Å². The molecule has 1 amide bonds. The van der Waals surface area contributed by atoms with E-state index in [0.29, 0.717) is 27.3 Å². The highest BCUT2D eigenvalue weighted by Crippen LogP contribution is 2.28. The number of benzene rings is 1. The molecule has 9 heteroatoms. The molecule has 1 aromatic carbocycles. The molecule has 0 aliphatic heterocycles. The number of aromatic nitrogens is 3. The monoisotopic (exact) mass is 359 g/mol. The van der Waals surface area contributed by atoms with E-state index < -0.39 is 6.04 Å². The molecule has 0 spiro atoms. The van der Waals surface area contributed by atoms with E-state index in [2.05, 4.69) is 15.5 Å². The zero-order chi connectivity index (χ0) is 16.3. The van der Waals surface area contributed by atoms with Crippen LogP contribution in [0.4, 0.5) is 11.6 Å². The van der Waals surface area contributed by atoms with Crippen LogP contribution in [0.3, 0.4) is 0 Å². The maximum Gasteiger partial charge on any atom is 0.247 e. The smallest absolute Gasteiger partial charge is 0.247 e. The number of hydrogen-bond donors (Lipinski definition) is 2. The van der Waals surface area contributed by atoms with Crippen LogP contribution in [0.1, 0.15) is 19.4 Å². The average Bonchev–Trinajstić information content (AvgIpc) is 2.84. The number of carbonyl (C=O) groups is 1. The van der Waals surface area contributed by atoms with Crippen LogP contribution in [0.15, 0.2) is 23.4 Å². The quantitative estimate of drug-likeness (QED) is 0.798. The first-order chi connectivity index (χ1) is 10.5. The predicted octanol–water partition coefficient (Wildman–Crippen LogP) is 3.48. The summed E-state index contributed by atoms with van der Waals surface area (Å²) in [7, 11) is 0. The Bertz CT molecular complexity index is 691. The second-order valence-electron chi connectivity index (χ2n) is 4.45. The fraction of sp³-hybridized carbons (Fsp3) is 0.308. The van der Waals surface area contributed by atoms with E-state index in [4.69, 9.17) is 28.9 Å². The number of anilines is 2. The van der Waals surface area contributed by atoms with Crippen molar-refractivity contribution in [2.24, 2.45) is 0 Å². The second kappa shape index (κ2) is 7.21. The van der Waals surface area contributed by atoms with Gasteiger partial charge in [0.2, 0.25) is 11.9 Å². The van der Waals surface area contributed by atoms with Crippen molar-refractivity contribution in [3.8, 4) is 0 Å². The van der Waals surface area contributed by atoms with E-state index >= 15 is 0 Å². The molecule has 0 fully saturated rings. The summed E-state index contributed by atoms with van der Waals surface area (Å²) < 4.78 is 1.61. The van der Waals surface area contributed by atoms with E-state index in [1.165, 1.54) is 11.8 Å². The van der Waals surface area contributed by atoms with Crippen molar-refractivity contribution in [2.45, 2.75) is 24.5 Å². The average molecular weight is 360 g/mol. The van der Waals surface area contributed by atoms with Crippen LogP contribution < -0.4 is 11.1 Å². The van der Waals surface area contributed by atoms with Crippen LogP contribution in [0.5, 0.6) is 0 Å². The van der Waals surface area contributed by atoms with E-state index in [1.807, 2.05) is 13.2 Å². The molecule has 2 rings (SSSR count). The SMILES string of the molecule is CCC(C(=O)Nc1ccc(Cl)cc1Cl)n1c(N)nnc1SC. The van der Waals surface area contributed by atoms with Crippen molar-refractivity contribution >= 4 is 52.5 Å². The lowest BCUT2D eigenvalue weighted by molar-refractivity contribution is -0.119. The Morgan fingerprint density at radius 2 is 2.18 bits per heavy atom. The molecule has 2 aromatic rings. The third-order valence-electron chi connectivity index (χ3n) is 3.06. The minimum atomic E-state index is -0.524. The van der Waals surface area contributed by atoms with Gasteiger partial charge in [0.05, 0.1) is 10.7 Å². The summed E-state index contributed by atoms with van der Waals surface area (Å²) in [5, 5.41) is 12.0. The third kappa shape index (κ3) is 3.48. The highest BCUT2D eigenvalue weighted by atomic mass is 35.5. The molecule has 6 nitrogen and oxygen atoms in total. The lowest BCUT2D eigenvalue weighted by Gasteiger charge is -2.19. The summed E-state index contributed by atoms with van der Waals surface area (Å²) in [6.07, 6.45) is 2.38. The number of amides is 1. The van der Waals surface area contributed by atoms with Gasteiger partial charge < -0.3 is 11.1 Å². The first-order valence-corrected chi connectivity index (χ1v) is 8.46. The topological polar surface area (TPSA) is 85.8 Å². The van der Waals surface area contributed by atoms with Gasteiger partial charge in [0.25, 0.3) is 0 Å². The van der Waals surface area contributed by atoms with E-state index in [1.54, 1.807) is 22.8 Å². The van der Waals surface area contributed by atoms with Crippen LogP contribution in [-0.4, -0.2) is 26.9 Å². The third-order valence-corrected chi connectivity index (χ3v) is 4.25. The summed E-state index contributed by atoms with van der Waals surface area (Å²) in [5.41, 5.74) is 6.32. The molecule has 1 heterocycles. The van der Waals surface area contributed by atoms with Crippen molar-refractivity contribution in [1.82, 2.24) is 14.8 Å². The Balaban J connectivity index is 2.27. The number of thioether (sulfide) groups is 1. The van der Waals surface area contributed by atoms with Gasteiger partial charge in [-0.2, -0.15) is 0 Å². The minimum Gasteiger partial charge on any atom is -0.368 e. The van der Waals surface area contributed by atoms with Crippen LogP contribution in [0.2, 0.25) is 10.0 Å². The molecule has 0 radical (unpaired) electrons. The molecular formula is C13H15Cl2N5OS. The Labute approximate surface area is 142 Å². The van der Waals surface area contributed by atoms with Gasteiger partial charge in [-0.05, 0) is 30.9 Å². The largest absolute Gasteiger partial charge is 0.368 e. The molecule has 1 unspecified atom stereocenters. The molecule has 3 N–H and O–H groups in total. The fourth-order valence-electron chi connectivity index (χ4n) is 2.01. The number of nitrogens with two attached hydrogens (primary N) is 1. The molecular weight excluding hydrogens is 345 g/mol. The summed E-state index contributed by atoms with van der Waals surface area (Å²) >= 11 is 13.3. The van der Waals surface area contributed by atoms with Crippen LogP contribution in [0.25, 0.3) is 0 Å². The van der Waals surface area contributed by atoms with Gasteiger partial charge in [0.1, 0.15) is 6.04 Å². The lowest BCUT2D eigenvalue weighted by Crippen LogP contribution is -2.27. The number of carbonyl (C=O) groups excluding carboxylic acids is 1. The van der Waals surface area contributed by atoms with Gasteiger partial charge in [-0.15, -0.1) is 10.2 Å². The van der Waals surface area contributed by atoms with Crippen LogP contribution >= 0.6 is 35.0 Å². The molecule has 0 saturated heterocycles. The summed E-state index contributed by atoms with van der Waals surface area (Å²) in [6.45, 7) is 1.89. The maximum absolute atomic E-state index is 12.6. The van der Waals surface area contributed by atoms with Crippen molar-refractivity contribution in [3.05, 3.63) is 28.2 Å². The number of hydrogen-bond acceptors (Lipinski definition) is 5. The van der Waals surface area contributed by atoms with Gasteiger partial charge in [-0.25, -0.2) is 0 Å². The Kier molecular flexibility index (Phi) is 5.55. The summed E-state index contributed by atoms with van der Waals surface area (Å²) in [6, 6.07) is 4.36. The van der Waals surface area contributed by atoms with Crippen LogP contribution in [-0.2, 0) is 4.79 Å². The van der Waals surface area contributed by atoms with Gasteiger partial charge in [-0.1, -0.05) is 41.9 Å². The summed E-state index contributed by atoms with van der Waals surface area (Å²) in [4.78, 5) is 12.6. The summed E-state index contributed by atoms with van der Waals surface area (Å²) in [5.74, 6) is -0.0397. The predicted molar refractivity (Wildman–Crippen MR) is 90.6 cm³/mol.